The average molecular weight is 369 g/mol. The van der Waals surface area contributed by atoms with E-state index < -0.39 is 23.4 Å². The zero-order chi connectivity index (χ0) is 18.5. The van der Waals surface area contributed by atoms with Crippen LogP contribution in [0.3, 0.4) is 0 Å². The third-order valence-corrected chi connectivity index (χ3v) is 6.35. The second-order valence-corrected chi connectivity index (χ2v) is 7.87. The number of nitrogens with one attached hydrogen (secondary N) is 2. The molecule has 0 spiro atoms. The highest BCUT2D eigenvalue weighted by Gasteiger charge is 2.47. The largest absolute Gasteiger partial charge is 0.344 e. The summed E-state index contributed by atoms with van der Waals surface area (Å²) in [5, 5.41) is 3.41. The molecule has 0 saturated carbocycles. The van der Waals surface area contributed by atoms with Crippen LogP contribution in [0.15, 0.2) is 30.3 Å². The van der Waals surface area contributed by atoms with Crippen molar-refractivity contribution in [1.29, 1.82) is 0 Å². The van der Waals surface area contributed by atoms with Crippen molar-refractivity contribution in [2.24, 2.45) is 0 Å². The number of hydrogen-bond acceptors (Lipinski definition) is 4. The summed E-state index contributed by atoms with van der Waals surface area (Å²) in [4.78, 5) is 38.7. The molecule has 2 N–H and O–H groups in total. The lowest BCUT2D eigenvalue weighted by Crippen LogP contribution is -2.48. The predicted molar refractivity (Wildman–Crippen MR) is 98.7 cm³/mol. The lowest BCUT2D eigenvalue weighted by Gasteiger charge is -2.19. The number of thiophene rings is 1. The first kappa shape index (κ1) is 16.8. The quantitative estimate of drug-likeness (QED) is 0.817. The van der Waals surface area contributed by atoms with E-state index in [9.17, 15) is 14.4 Å². The van der Waals surface area contributed by atoms with Crippen molar-refractivity contribution in [1.82, 2.24) is 15.8 Å². The Morgan fingerprint density at radius 2 is 2.00 bits per heavy atom. The number of carbonyl (C=O) groups excluding carboxylic acids is 3. The molecule has 7 heteroatoms. The van der Waals surface area contributed by atoms with Gasteiger partial charge in [-0.2, -0.15) is 5.01 Å². The maximum atomic E-state index is 12.6. The summed E-state index contributed by atoms with van der Waals surface area (Å²) in [5.74, 6) is -0.879. The molecule has 2 aliphatic rings. The number of fused-ring (bicyclic) bond motifs is 3. The highest BCUT2D eigenvalue weighted by Crippen LogP contribution is 2.39. The van der Waals surface area contributed by atoms with Crippen molar-refractivity contribution >= 4 is 29.2 Å². The van der Waals surface area contributed by atoms with Crippen LogP contribution in [0.4, 0.5) is 4.79 Å². The summed E-state index contributed by atoms with van der Waals surface area (Å²) < 4.78 is 0. The van der Waals surface area contributed by atoms with E-state index in [1.54, 1.807) is 6.92 Å². The molecule has 2 heterocycles. The van der Waals surface area contributed by atoms with Gasteiger partial charge in [-0.25, -0.2) is 4.79 Å². The highest BCUT2D eigenvalue weighted by atomic mass is 32.1. The van der Waals surface area contributed by atoms with Crippen LogP contribution >= 0.6 is 11.3 Å². The molecule has 0 bridgehead atoms. The summed E-state index contributed by atoms with van der Waals surface area (Å²) >= 11 is 1.40. The number of imide groups is 1. The minimum absolute atomic E-state index is 0.439. The van der Waals surface area contributed by atoms with Crippen LogP contribution in [-0.2, 0) is 17.6 Å². The minimum atomic E-state index is -0.974. The molecule has 1 saturated heterocycles. The van der Waals surface area contributed by atoms with Crippen LogP contribution in [0.2, 0.25) is 0 Å². The summed E-state index contributed by atoms with van der Waals surface area (Å²) in [6, 6.07) is 9.45. The van der Waals surface area contributed by atoms with E-state index in [4.69, 9.17) is 0 Å². The van der Waals surface area contributed by atoms with E-state index in [1.807, 2.05) is 25.1 Å². The molecule has 1 fully saturated rings. The first-order valence-electron chi connectivity index (χ1n) is 8.61. The summed E-state index contributed by atoms with van der Waals surface area (Å²) in [6.45, 7) is 3.47. The summed E-state index contributed by atoms with van der Waals surface area (Å²) in [5.41, 5.74) is 5.06. The fourth-order valence-corrected chi connectivity index (χ4v) is 4.53. The Hall–Kier alpha value is -2.67. The molecule has 1 aliphatic heterocycles. The van der Waals surface area contributed by atoms with Crippen molar-refractivity contribution < 1.29 is 14.4 Å². The van der Waals surface area contributed by atoms with Gasteiger partial charge < -0.3 is 5.32 Å². The number of hydrogen-bond donors (Lipinski definition) is 2. The number of hydrazine groups is 1. The maximum absolute atomic E-state index is 12.6. The van der Waals surface area contributed by atoms with Crippen LogP contribution in [0.1, 0.15) is 41.1 Å². The lowest BCUT2D eigenvalue weighted by molar-refractivity contribution is -0.132. The van der Waals surface area contributed by atoms with Crippen molar-refractivity contribution in [3.05, 3.63) is 46.3 Å². The van der Waals surface area contributed by atoms with Gasteiger partial charge in [0, 0.05) is 4.88 Å². The second kappa shape index (κ2) is 5.95. The molecule has 1 aromatic heterocycles. The van der Waals surface area contributed by atoms with Gasteiger partial charge in [0.05, 0.1) is 4.88 Å². The number of rotatable bonds is 3. The van der Waals surface area contributed by atoms with Crippen LogP contribution < -0.4 is 10.7 Å². The smallest absolute Gasteiger partial charge is 0.322 e. The first-order valence-corrected chi connectivity index (χ1v) is 9.43. The van der Waals surface area contributed by atoms with Gasteiger partial charge in [0.2, 0.25) is 0 Å². The van der Waals surface area contributed by atoms with Gasteiger partial charge >= 0.3 is 6.03 Å². The van der Waals surface area contributed by atoms with E-state index in [1.165, 1.54) is 16.9 Å². The van der Waals surface area contributed by atoms with Crippen molar-refractivity contribution in [2.45, 2.75) is 38.6 Å². The Morgan fingerprint density at radius 1 is 1.27 bits per heavy atom. The number of nitrogens with zero attached hydrogens (tertiary/aromatic N) is 1. The number of carbonyl (C=O) groups is 3. The Balaban J connectivity index is 1.59. The molecule has 0 radical (unpaired) electrons. The number of amides is 4. The molecular formula is C19H19N3O3S. The Kier molecular flexibility index (Phi) is 3.84. The Bertz CT molecular complexity index is 936. The minimum Gasteiger partial charge on any atom is -0.322 e. The average Bonchev–Trinajstić information content (AvgIpc) is 3.17. The molecule has 2 aromatic rings. The molecule has 1 aromatic carbocycles. The molecule has 4 rings (SSSR count). The van der Waals surface area contributed by atoms with E-state index in [-0.39, 0.29) is 0 Å². The zero-order valence-electron chi connectivity index (χ0n) is 14.6. The standard InChI is InChI=1S/C19H19N3O3S/c1-3-19(2)17(24)22(18(25)20-19)21-16(23)14-10-12-9-8-11-6-4-5-7-13(11)15(12)26-14/h4-7,10H,3,8-9H2,1-2H3,(H,20,25)(H,21,23)/t19-/m1/s1. The van der Waals surface area contributed by atoms with Gasteiger partial charge in [-0.3, -0.25) is 15.0 Å². The van der Waals surface area contributed by atoms with E-state index in [0.29, 0.717) is 11.3 Å². The molecule has 4 amide bonds. The highest BCUT2D eigenvalue weighted by molar-refractivity contribution is 7.17. The number of benzene rings is 1. The van der Waals surface area contributed by atoms with Crippen LogP contribution in [0.25, 0.3) is 10.4 Å². The van der Waals surface area contributed by atoms with Gasteiger partial charge in [-0.15, -0.1) is 11.3 Å². The summed E-state index contributed by atoms with van der Waals surface area (Å²) in [7, 11) is 0. The molecule has 134 valence electrons. The first-order chi connectivity index (χ1) is 12.4. The maximum Gasteiger partial charge on any atom is 0.344 e. The predicted octanol–water partition coefficient (Wildman–Crippen LogP) is 2.88. The molecule has 0 unspecified atom stereocenters. The molecule has 6 nitrogen and oxygen atoms in total. The second-order valence-electron chi connectivity index (χ2n) is 6.82. The SMILES string of the molecule is CC[C@@]1(C)NC(=O)N(NC(=O)c2cc3c(s2)-c2ccccc2CC3)C1=O. The monoisotopic (exact) mass is 369 g/mol. The van der Waals surface area contributed by atoms with E-state index in [0.717, 1.165) is 33.9 Å². The lowest BCUT2D eigenvalue weighted by atomic mass is 9.91. The van der Waals surface area contributed by atoms with Crippen molar-refractivity contribution in [3.63, 3.8) is 0 Å². The van der Waals surface area contributed by atoms with E-state index in [2.05, 4.69) is 22.9 Å². The number of urea groups is 1. The molecular weight excluding hydrogens is 350 g/mol. The van der Waals surface area contributed by atoms with Crippen molar-refractivity contribution in [2.75, 3.05) is 0 Å². The van der Waals surface area contributed by atoms with Crippen molar-refractivity contribution in [3.8, 4) is 10.4 Å². The third-order valence-electron chi connectivity index (χ3n) is 5.14. The fourth-order valence-electron chi connectivity index (χ4n) is 3.37. The normalized spacial score (nSPS) is 21.2. The number of aryl methyl sites for hydroxylation is 2. The van der Waals surface area contributed by atoms with Gasteiger partial charge in [0.25, 0.3) is 11.8 Å². The Morgan fingerprint density at radius 3 is 2.73 bits per heavy atom. The Labute approximate surface area is 155 Å². The van der Waals surface area contributed by atoms with Crippen LogP contribution in [0.5, 0.6) is 0 Å². The van der Waals surface area contributed by atoms with Gasteiger partial charge in [0.15, 0.2) is 0 Å². The topological polar surface area (TPSA) is 78.5 Å². The molecule has 1 atom stereocenters. The van der Waals surface area contributed by atoms with Crippen LogP contribution in [0, 0.1) is 0 Å². The molecule has 1 aliphatic carbocycles. The summed E-state index contributed by atoms with van der Waals surface area (Å²) in [6.07, 6.45) is 2.28. The van der Waals surface area contributed by atoms with Gasteiger partial charge in [0.1, 0.15) is 5.54 Å². The molecule has 26 heavy (non-hydrogen) atoms. The van der Waals surface area contributed by atoms with Gasteiger partial charge in [-0.05, 0) is 48.9 Å². The van der Waals surface area contributed by atoms with Crippen LogP contribution in [-0.4, -0.2) is 28.4 Å². The fraction of sp³-hybridized carbons (Fsp3) is 0.316. The van der Waals surface area contributed by atoms with Gasteiger partial charge in [-0.1, -0.05) is 31.2 Å². The third kappa shape index (κ3) is 2.50. The van der Waals surface area contributed by atoms with E-state index >= 15 is 0 Å². The zero-order valence-corrected chi connectivity index (χ0v) is 15.4.